The minimum Gasteiger partial charge on any atom is -0.452 e. The average molecular weight is 437 g/mol. The summed E-state index contributed by atoms with van der Waals surface area (Å²) in [5, 5.41) is 7.53. The first-order valence-corrected chi connectivity index (χ1v) is 11.8. The van der Waals surface area contributed by atoms with Gasteiger partial charge in [-0.3, -0.25) is 4.79 Å². The molecule has 0 spiro atoms. The molecule has 4 fully saturated rings. The van der Waals surface area contributed by atoms with Crippen molar-refractivity contribution in [2.75, 3.05) is 6.61 Å². The highest BCUT2D eigenvalue weighted by Gasteiger charge is 2.53. The van der Waals surface area contributed by atoms with Crippen molar-refractivity contribution in [3.63, 3.8) is 0 Å². The second kappa shape index (κ2) is 8.01. The van der Waals surface area contributed by atoms with Crippen LogP contribution < -0.4 is 5.32 Å². The topological polar surface area (TPSA) is 86.1 Å². The maximum atomic E-state index is 12.5. The number of pyridine rings is 1. The van der Waals surface area contributed by atoms with Gasteiger partial charge in [0, 0.05) is 17.9 Å². The highest BCUT2D eigenvalue weighted by atomic mass is 16.5. The maximum Gasteiger partial charge on any atom is 0.340 e. The number of nitrogens with one attached hydrogen (secondary N) is 1. The summed E-state index contributed by atoms with van der Waals surface area (Å²) < 4.78 is 7.00. The van der Waals surface area contributed by atoms with Crippen LogP contribution in [0.5, 0.6) is 0 Å². The van der Waals surface area contributed by atoms with E-state index in [2.05, 4.69) is 22.3 Å². The van der Waals surface area contributed by atoms with Crippen LogP contribution in [0.1, 0.15) is 67.2 Å². The van der Waals surface area contributed by atoms with Crippen molar-refractivity contribution < 1.29 is 14.3 Å². The van der Waals surface area contributed by atoms with Gasteiger partial charge in [-0.05, 0) is 101 Å². The Hall–Kier alpha value is -2.70. The summed E-state index contributed by atoms with van der Waals surface area (Å²) in [7, 11) is 0. The first-order chi connectivity index (χ1) is 15.3. The number of esters is 1. The summed E-state index contributed by atoms with van der Waals surface area (Å²) in [6, 6.07) is 5.46. The van der Waals surface area contributed by atoms with Crippen LogP contribution in [0.2, 0.25) is 0 Å². The van der Waals surface area contributed by atoms with Crippen molar-refractivity contribution in [2.45, 2.75) is 65.3 Å². The Kier molecular flexibility index (Phi) is 5.30. The molecule has 0 aliphatic heterocycles. The number of hydrogen-bond acceptors (Lipinski definition) is 5. The molecule has 1 unspecified atom stereocenters. The van der Waals surface area contributed by atoms with Gasteiger partial charge >= 0.3 is 5.97 Å². The summed E-state index contributed by atoms with van der Waals surface area (Å²) in [4.78, 5) is 29.3. The summed E-state index contributed by atoms with van der Waals surface area (Å²) in [6.45, 7) is 5.74. The Morgan fingerprint density at radius 1 is 1.16 bits per heavy atom. The monoisotopic (exact) mass is 436 g/mol. The molecule has 170 valence electrons. The van der Waals surface area contributed by atoms with Crippen LogP contribution in [0.4, 0.5) is 0 Å². The minimum atomic E-state index is -0.546. The van der Waals surface area contributed by atoms with Crippen molar-refractivity contribution >= 4 is 11.9 Å². The van der Waals surface area contributed by atoms with Gasteiger partial charge in [0.05, 0.1) is 11.3 Å². The van der Waals surface area contributed by atoms with E-state index in [1.165, 1.54) is 44.7 Å². The number of hydrogen-bond donors (Lipinski definition) is 1. The Balaban J connectivity index is 1.15. The summed E-state index contributed by atoms with van der Waals surface area (Å²) in [6.07, 6.45) is 9.29. The van der Waals surface area contributed by atoms with E-state index < -0.39 is 5.97 Å². The third kappa shape index (κ3) is 3.93. The van der Waals surface area contributed by atoms with Gasteiger partial charge < -0.3 is 10.1 Å². The molecule has 2 aromatic heterocycles. The number of ether oxygens (including phenoxy) is 1. The zero-order chi connectivity index (χ0) is 22.5. The van der Waals surface area contributed by atoms with Gasteiger partial charge in [-0.25, -0.2) is 14.5 Å². The molecule has 2 aromatic rings. The SMILES string of the molecule is Cc1cc(C)n(-c2ccc(C(=O)OCC(=O)NC(C)C34CC5CC(CC(C5)C3)C4)cn2)n1. The minimum absolute atomic E-state index is 0.115. The molecule has 4 bridgehead atoms. The first-order valence-electron chi connectivity index (χ1n) is 11.8. The van der Waals surface area contributed by atoms with E-state index in [4.69, 9.17) is 4.74 Å². The second-order valence-corrected chi connectivity index (χ2v) is 10.4. The van der Waals surface area contributed by atoms with Crippen molar-refractivity contribution in [3.05, 3.63) is 41.3 Å². The Labute approximate surface area is 188 Å². The molecular weight excluding hydrogens is 404 g/mol. The van der Waals surface area contributed by atoms with E-state index in [1.54, 1.807) is 16.8 Å². The van der Waals surface area contributed by atoms with Crippen molar-refractivity contribution in [1.29, 1.82) is 0 Å². The molecule has 0 radical (unpaired) electrons. The van der Waals surface area contributed by atoms with Gasteiger partial charge in [0.1, 0.15) is 0 Å². The molecule has 6 rings (SSSR count). The smallest absolute Gasteiger partial charge is 0.340 e. The number of carbonyl (C=O) groups excluding carboxylic acids is 2. The predicted molar refractivity (Wildman–Crippen MR) is 119 cm³/mol. The van der Waals surface area contributed by atoms with E-state index in [0.717, 1.165) is 29.1 Å². The maximum absolute atomic E-state index is 12.5. The molecule has 4 saturated carbocycles. The second-order valence-electron chi connectivity index (χ2n) is 10.4. The van der Waals surface area contributed by atoms with Crippen LogP contribution in [-0.4, -0.2) is 39.3 Å². The summed E-state index contributed by atoms with van der Waals surface area (Å²) in [5.74, 6) is 2.37. The van der Waals surface area contributed by atoms with Gasteiger partial charge in [0.2, 0.25) is 0 Å². The number of amides is 1. The molecule has 7 nitrogen and oxygen atoms in total. The molecule has 1 atom stereocenters. The fourth-order valence-corrected chi connectivity index (χ4v) is 6.85. The molecule has 0 aromatic carbocycles. The van der Waals surface area contributed by atoms with Gasteiger partial charge in [0.15, 0.2) is 12.4 Å². The van der Waals surface area contributed by atoms with Crippen LogP contribution in [0.3, 0.4) is 0 Å². The van der Waals surface area contributed by atoms with Crippen molar-refractivity contribution in [3.8, 4) is 5.82 Å². The first kappa shape index (κ1) is 21.2. The Morgan fingerprint density at radius 2 is 1.81 bits per heavy atom. The van der Waals surface area contributed by atoms with E-state index >= 15 is 0 Å². The molecule has 1 N–H and O–H groups in total. The number of nitrogens with zero attached hydrogens (tertiary/aromatic N) is 3. The largest absolute Gasteiger partial charge is 0.452 e. The Morgan fingerprint density at radius 3 is 2.34 bits per heavy atom. The lowest BCUT2D eigenvalue weighted by molar-refractivity contribution is -0.128. The normalized spacial score (nSPS) is 29.0. The van der Waals surface area contributed by atoms with E-state index in [1.807, 2.05) is 19.9 Å². The lowest BCUT2D eigenvalue weighted by atomic mass is 9.48. The fourth-order valence-electron chi connectivity index (χ4n) is 6.85. The lowest BCUT2D eigenvalue weighted by Gasteiger charge is -2.59. The number of carbonyl (C=O) groups is 2. The van der Waals surface area contributed by atoms with Crippen LogP contribution in [0.15, 0.2) is 24.4 Å². The van der Waals surface area contributed by atoms with E-state index in [9.17, 15) is 9.59 Å². The zero-order valence-electron chi connectivity index (χ0n) is 19.1. The summed E-state index contributed by atoms with van der Waals surface area (Å²) in [5.41, 5.74) is 2.42. The molecular formula is C25H32N4O3. The standard InChI is InChI=1S/C25H32N4O3/c1-15-6-16(2)29(28-15)22-5-4-21(13-26-22)24(31)32-14-23(30)27-17(3)25-10-18-7-19(11-25)9-20(8-18)12-25/h4-6,13,17-20H,7-12,14H2,1-3H3,(H,27,30). The third-order valence-corrected chi connectivity index (χ3v) is 7.93. The van der Waals surface area contributed by atoms with Crippen LogP contribution in [0, 0.1) is 37.0 Å². The van der Waals surface area contributed by atoms with Gasteiger partial charge in [-0.1, -0.05) is 0 Å². The van der Waals surface area contributed by atoms with Crippen molar-refractivity contribution in [2.24, 2.45) is 23.2 Å². The fraction of sp³-hybridized carbons (Fsp3) is 0.600. The van der Waals surface area contributed by atoms with Crippen LogP contribution in [0.25, 0.3) is 5.82 Å². The zero-order valence-corrected chi connectivity index (χ0v) is 19.1. The summed E-state index contributed by atoms with van der Waals surface area (Å²) >= 11 is 0. The third-order valence-electron chi connectivity index (χ3n) is 7.93. The average Bonchev–Trinajstić information content (AvgIpc) is 3.09. The van der Waals surface area contributed by atoms with Crippen molar-refractivity contribution in [1.82, 2.24) is 20.1 Å². The molecule has 4 aliphatic rings. The molecule has 2 heterocycles. The molecule has 32 heavy (non-hydrogen) atoms. The van der Waals surface area contributed by atoms with E-state index in [0.29, 0.717) is 11.4 Å². The Bertz CT molecular complexity index is 991. The highest BCUT2D eigenvalue weighted by Crippen LogP contribution is 2.61. The number of rotatable bonds is 6. The lowest BCUT2D eigenvalue weighted by Crippen LogP contribution is -2.56. The number of aryl methyl sites for hydroxylation is 2. The van der Waals surface area contributed by atoms with Crippen LogP contribution >= 0.6 is 0 Å². The van der Waals surface area contributed by atoms with Gasteiger partial charge in [0.25, 0.3) is 5.91 Å². The van der Waals surface area contributed by atoms with E-state index in [-0.39, 0.29) is 24.0 Å². The molecule has 1 amide bonds. The predicted octanol–water partition coefficient (Wildman–Crippen LogP) is 3.76. The molecule has 0 saturated heterocycles. The van der Waals surface area contributed by atoms with Crippen LogP contribution in [-0.2, 0) is 9.53 Å². The quantitative estimate of drug-likeness (QED) is 0.697. The number of aromatic nitrogens is 3. The molecule has 4 aliphatic carbocycles. The van der Waals surface area contributed by atoms with Gasteiger partial charge in [-0.2, -0.15) is 5.10 Å². The highest BCUT2D eigenvalue weighted by molar-refractivity contribution is 5.91. The van der Waals surface area contributed by atoms with Gasteiger partial charge in [-0.15, -0.1) is 0 Å². The molecule has 7 heteroatoms.